The van der Waals surface area contributed by atoms with Gasteiger partial charge in [0.05, 0.1) is 24.9 Å². The summed E-state index contributed by atoms with van der Waals surface area (Å²) >= 11 is 0. The van der Waals surface area contributed by atoms with Crippen molar-refractivity contribution in [2.45, 2.75) is 103 Å². The molecule has 1 aromatic heterocycles. The van der Waals surface area contributed by atoms with Gasteiger partial charge < -0.3 is 9.63 Å². The molecule has 43 heavy (non-hydrogen) atoms. The smallest absolute Gasteiger partial charge is 0.352 e. The number of ether oxygens (including phenoxy) is 1. The Balaban J connectivity index is 1.09. The Morgan fingerprint density at radius 3 is 2.72 bits per heavy atom. The topological polar surface area (TPSA) is 186 Å². The van der Waals surface area contributed by atoms with Gasteiger partial charge in [-0.15, -0.1) is 0 Å². The van der Waals surface area contributed by atoms with Gasteiger partial charge in [-0.1, -0.05) is 30.6 Å². The molecular formula is C29H40N5O8P. The number of aromatic amines is 1. The minimum absolute atomic E-state index is 0.0105. The second kappa shape index (κ2) is 11.1. The van der Waals surface area contributed by atoms with E-state index < -0.39 is 43.5 Å². The number of aryl methyl sites for hydroxylation is 1. The number of aromatic nitrogens is 2. The second-order valence-corrected chi connectivity index (χ2v) is 14.9. The van der Waals surface area contributed by atoms with E-state index in [1.165, 1.54) is 16.3 Å². The van der Waals surface area contributed by atoms with Crippen LogP contribution in [0.25, 0.3) is 10.4 Å². The fourth-order valence-electron chi connectivity index (χ4n) is 8.90. The Morgan fingerprint density at radius 2 is 1.95 bits per heavy atom. The second-order valence-electron chi connectivity index (χ2n) is 13.5. The molecule has 1 unspecified atom stereocenters. The first-order valence-corrected chi connectivity index (χ1v) is 16.7. The summed E-state index contributed by atoms with van der Waals surface area (Å²) in [5.41, 5.74) is 9.23. The summed E-state index contributed by atoms with van der Waals surface area (Å²) < 4.78 is 31.2. The minimum atomic E-state index is -4.50. The van der Waals surface area contributed by atoms with Gasteiger partial charge in [0.15, 0.2) is 0 Å². The van der Waals surface area contributed by atoms with E-state index in [0.29, 0.717) is 48.4 Å². The third kappa shape index (κ3) is 5.38. The van der Waals surface area contributed by atoms with E-state index in [4.69, 9.17) is 19.3 Å². The Labute approximate surface area is 249 Å². The van der Waals surface area contributed by atoms with Gasteiger partial charge in [0.25, 0.3) is 5.56 Å². The maximum absolute atomic E-state index is 13.1. The predicted molar refractivity (Wildman–Crippen MR) is 155 cm³/mol. The zero-order chi connectivity index (χ0) is 30.7. The highest BCUT2D eigenvalue weighted by Gasteiger charge is 2.58. The van der Waals surface area contributed by atoms with Crippen LogP contribution in [0.5, 0.6) is 0 Å². The molecule has 14 heteroatoms. The third-order valence-electron chi connectivity index (χ3n) is 11.3. The summed E-state index contributed by atoms with van der Waals surface area (Å²) in [5, 5.41) is 3.73. The van der Waals surface area contributed by atoms with Crippen molar-refractivity contribution < 1.29 is 28.0 Å². The monoisotopic (exact) mass is 617 g/mol. The van der Waals surface area contributed by atoms with Crippen molar-refractivity contribution in [3.8, 4) is 0 Å². The lowest BCUT2D eigenvalue weighted by Crippen LogP contribution is -2.50. The lowest BCUT2D eigenvalue weighted by Gasteiger charge is -2.57. The maximum Gasteiger partial charge on any atom is 0.472 e. The van der Waals surface area contributed by atoms with Crippen molar-refractivity contribution in [1.29, 1.82) is 0 Å². The molecular weight excluding hydrogens is 577 g/mol. The number of H-pyrrole nitrogens is 1. The van der Waals surface area contributed by atoms with Crippen molar-refractivity contribution in [2.75, 3.05) is 6.61 Å². The standard InChI is InChI=1S/C29H40N5O8P/c1-16-14-34(27(37)31-26(16)36)25-13-22(32-33-30)23(41-25)15-40-43(38,39)42-18-8-10-28(2)17(12-18)4-5-19-20-6-7-24(35)29(20,3)11-9-21(19)28/h4,14,18-23,25H,5-13,15H2,1-3H3,(H,38,39)(H,31,36,37)/t18-,19-,20-,21-,22-,23+,25+,28-,29-/m0/s1. The van der Waals surface area contributed by atoms with E-state index in [9.17, 15) is 23.8 Å². The first-order chi connectivity index (χ1) is 20.3. The highest BCUT2D eigenvalue weighted by Crippen LogP contribution is 2.64. The number of allylic oxidation sites excluding steroid dienone is 1. The van der Waals surface area contributed by atoms with E-state index in [1.807, 2.05) is 0 Å². The lowest BCUT2D eigenvalue weighted by atomic mass is 9.48. The van der Waals surface area contributed by atoms with Gasteiger partial charge in [0.1, 0.15) is 12.0 Å². The van der Waals surface area contributed by atoms with E-state index >= 15 is 0 Å². The number of ketones is 1. The molecule has 13 nitrogen and oxygen atoms in total. The molecule has 1 aliphatic heterocycles. The number of rotatable bonds is 7. The zero-order valence-corrected chi connectivity index (χ0v) is 25.7. The Bertz CT molecular complexity index is 1550. The number of nitrogens with zero attached hydrogens (tertiary/aromatic N) is 4. The van der Waals surface area contributed by atoms with Crippen LogP contribution in [0.15, 0.2) is 32.5 Å². The van der Waals surface area contributed by atoms with E-state index in [1.54, 1.807) is 6.92 Å². The SMILES string of the molecule is Cc1cn([C@H]2C[C@H](N=[N+]=[N-])[C@@H](COP(=O)(O)O[C@H]3CC[C@@]4(C)C(=CC[C@@H]5[C@@H]4CC[C@]4(C)C(=O)CC[C@@H]54)C3)O2)c(=O)[nH]c1=O. The molecule has 1 aromatic rings. The molecule has 10 atom stereocenters. The third-order valence-corrected chi connectivity index (χ3v) is 12.4. The number of fused-ring (bicyclic) bond motifs is 5. The minimum Gasteiger partial charge on any atom is -0.352 e. The van der Waals surface area contributed by atoms with Crippen LogP contribution in [0.2, 0.25) is 0 Å². The van der Waals surface area contributed by atoms with Crippen LogP contribution in [0, 0.1) is 35.5 Å². The summed E-state index contributed by atoms with van der Waals surface area (Å²) in [6.45, 7) is 5.65. The molecule has 5 aliphatic rings. The summed E-state index contributed by atoms with van der Waals surface area (Å²) in [6, 6.07) is -0.766. The lowest BCUT2D eigenvalue weighted by molar-refractivity contribution is -0.131. The molecule has 0 aromatic carbocycles. The number of carbonyl (C=O) groups excluding carboxylic acids is 1. The van der Waals surface area contributed by atoms with Crippen molar-refractivity contribution in [3.05, 3.63) is 54.7 Å². The van der Waals surface area contributed by atoms with E-state index in [2.05, 4.69) is 34.9 Å². The van der Waals surface area contributed by atoms with Gasteiger partial charge in [-0.2, -0.15) is 0 Å². The van der Waals surface area contributed by atoms with Gasteiger partial charge in [-0.05, 0) is 80.6 Å². The van der Waals surface area contributed by atoms with Gasteiger partial charge >= 0.3 is 13.5 Å². The maximum atomic E-state index is 13.1. The van der Waals surface area contributed by atoms with Crippen LogP contribution in [-0.2, 0) is 23.1 Å². The largest absolute Gasteiger partial charge is 0.472 e. The average Bonchev–Trinajstić information content (AvgIpc) is 3.49. The van der Waals surface area contributed by atoms with Gasteiger partial charge in [0, 0.05) is 34.9 Å². The Morgan fingerprint density at radius 1 is 1.21 bits per heavy atom. The number of phosphoric acid groups is 1. The number of hydrogen-bond acceptors (Lipinski definition) is 8. The highest BCUT2D eigenvalue weighted by atomic mass is 31.2. The van der Waals surface area contributed by atoms with E-state index in [-0.39, 0.29) is 23.9 Å². The van der Waals surface area contributed by atoms with Gasteiger partial charge in [0.2, 0.25) is 0 Å². The Kier molecular flexibility index (Phi) is 7.89. The number of carbonyl (C=O) groups is 1. The quantitative estimate of drug-likeness (QED) is 0.143. The number of nitrogens with one attached hydrogen (secondary N) is 1. The van der Waals surface area contributed by atoms with Crippen molar-refractivity contribution >= 4 is 13.6 Å². The summed E-state index contributed by atoms with van der Waals surface area (Å²) in [7, 11) is -4.50. The average molecular weight is 618 g/mol. The molecule has 2 N–H and O–H groups in total. The number of Topliss-reactive ketones (excluding diaryl/α,β-unsaturated/α-hetero) is 1. The summed E-state index contributed by atoms with van der Waals surface area (Å²) in [6.07, 6.45) is 8.11. The number of azide groups is 1. The predicted octanol–water partition coefficient (Wildman–Crippen LogP) is 4.85. The molecule has 6 rings (SSSR count). The van der Waals surface area contributed by atoms with Crippen molar-refractivity contribution in [2.24, 2.45) is 33.7 Å². The van der Waals surface area contributed by atoms with Crippen molar-refractivity contribution in [1.82, 2.24) is 9.55 Å². The highest BCUT2D eigenvalue weighted by molar-refractivity contribution is 7.47. The van der Waals surface area contributed by atoms with Crippen LogP contribution < -0.4 is 11.2 Å². The van der Waals surface area contributed by atoms with Crippen LogP contribution in [0.3, 0.4) is 0 Å². The molecule has 234 valence electrons. The fourth-order valence-corrected chi connectivity index (χ4v) is 9.85. The molecule has 0 spiro atoms. The van der Waals surface area contributed by atoms with Crippen LogP contribution in [-0.4, -0.2) is 45.1 Å². The summed E-state index contributed by atoms with van der Waals surface area (Å²) in [4.78, 5) is 52.5. The van der Waals surface area contributed by atoms with Gasteiger partial charge in [-0.3, -0.25) is 28.2 Å². The molecule has 1 saturated heterocycles. The molecule has 2 heterocycles. The Hall–Kier alpha value is -2.53. The van der Waals surface area contributed by atoms with E-state index in [0.717, 1.165) is 32.1 Å². The molecule has 4 fully saturated rings. The summed E-state index contributed by atoms with van der Waals surface area (Å²) in [5.74, 6) is 1.86. The zero-order valence-electron chi connectivity index (χ0n) is 24.8. The van der Waals surface area contributed by atoms with Crippen molar-refractivity contribution in [3.63, 3.8) is 0 Å². The van der Waals surface area contributed by atoms with Crippen LogP contribution in [0.4, 0.5) is 0 Å². The molecule has 0 amide bonds. The molecule has 3 saturated carbocycles. The van der Waals surface area contributed by atoms with Gasteiger partial charge in [-0.25, -0.2) is 9.36 Å². The first kappa shape index (κ1) is 30.5. The van der Waals surface area contributed by atoms with Crippen LogP contribution >= 0.6 is 7.82 Å². The molecule has 0 bridgehead atoms. The number of phosphoric ester groups is 1. The first-order valence-electron chi connectivity index (χ1n) is 15.2. The van der Waals surface area contributed by atoms with Crippen LogP contribution in [0.1, 0.15) is 83.4 Å². The molecule has 0 radical (unpaired) electrons. The fraction of sp³-hybridized carbons (Fsp3) is 0.759. The number of hydrogen-bond donors (Lipinski definition) is 2. The normalized spacial score (nSPS) is 40.0. The molecule has 4 aliphatic carbocycles.